The van der Waals surface area contributed by atoms with E-state index in [9.17, 15) is 0 Å². The molecule has 66 valence electrons. The lowest BCUT2D eigenvalue weighted by atomic mass is 10.1. The molecule has 1 unspecified atom stereocenters. The summed E-state index contributed by atoms with van der Waals surface area (Å²) < 4.78 is 0. The lowest BCUT2D eigenvalue weighted by molar-refractivity contribution is 0.650. The van der Waals surface area contributed by atoms with Crippen LogP contribution in [0.2, 0.25) is 0 Å². The first-order valence-electron chi connectivity index (χ1n) is 4.40. The predicted octanol–water partition coefficient (Wildman–Crippen LogP) is 1.92. The van der Waals surface area contributed by atoms with E-state index in [1.54, 1.807) is 0 Å². The van der Waals surface area contributed by atoms with Gasteiger partial charge in [0.1, 0.15) is 0 Å². The molecule has 1 heterocycles. The molecule has 0 saturated carbocycles. The topological polar surface area (TPSA) is 24.9 Å². The molecular formula is C10H16N2. The van der Waals surface area contributed by atoms with Crippen molar-refractivity contribution in [3.63, 3.8) is 0 Å². The lowest BCUT2D eigenvalue weighted by Gasteiger charge is -2.10. The van der Waals surface area contributed by atoms with E-state index in [2.05, 4.69) is 36.3 Å². The van der Waals surface area contributed by atoms with Crippen LogP contribution in [0.1, 0.15) is 31.1 Å². The fourth-order valence-electron chi connectivity index (χ4n) is 1.13. The quantitative estimate of drug-likeness (QED) is 0.738. The minimum atomic E-state index is 0.415. The molecule has 0 aliphatic heterocycles. The Morgan fingerprint density at radius 3 is 2.92 bits per heavy atom. The summed E-state index contributed by atoms with van der Waals surface area (Å²) >= 11 is 0. The average Bonchev–Trinajstić information content (AvgIpc) is 2.17. The molecule has 0 aromatic carbocycles. The Labute approximate surface area is 74.0 Å². The highest BCUT2D eigenvalue weighted by molar-refractivity contribution is 5.19. The van der Waals surface area contributed by atoms with Crippen LogP contribution >= 0.6 is 0 Å². The Hall–Kier alpha value is -0.890. The van der Waals surface area contributed by atoms with Crippen molar-refractivity contribution < 1.29 is 0 Å². The minimum Gasteiger partial charge on any atom is -0.313 e. The van der Waals surface area contributed by atoms with Crippen molar-refractivity contribution in [2.24, 2.45) is 0 Å². The van der Waals surface area contributed by atoms with Gasteiger partial charge in [-0.3, -0.25) is 4.98 Å². The van der Waals surface area contributed by atoms with E-state index in [-0.39, 0.29) is 0 Å². The molecule has 1 aromatic heterocycles. The number of rotatable bonds is 3. The van der Waals surface area contributed by atoms with Crippen molar-refractivity contribution in [3.05, 3.63) is 29.6 Å². The SMILES string of the molecule is CCc1cc(C(C)NC)ccn1. The molecule has 0 amide bonds. The second kappa shape index (κ2) is 4.21. The summed E-state index contributed by atoms with van der Waals surface area (Å²) in [5, 5.41) is 3.20. The zero-order valence-corrected chi connectivity index (χ0v) is 7.96. The number of hydrogen-bond acceptors (Lipinski definition) is 2. The van der Waals surface area contributed by atoms with Gasteiger partial charge < -0.3 is 5.32 Å². The van der Waals surface area contributed by atoms with Crippen LogP contribution in [0.15, 0.2) is 18.3 Å². The van der Waals surface area contributed by atoms with Gasteiger partial charge in [-0.2, -0.15) is 0 Å². The number of aromatic nitrogens is 1. The Balaban J connectivity index is 2.86. The van der Waals surface area contributed by atoms with Crippen molar-refractivity contribution in [2.45, 2.75) is 26.3 Å². The van der Waals surface area contributed by atoms with Crippen LogP contribution in [0.4, 0.5) is 0 Å². The number of hydrogen-bond donors (Lipinski definition) is 1. The summed E-state index contributed by atoms with van der Waals surface area (Å²) in [6.07, 6.45) is 2.88. The molecular weight excluding hydrogens is 148 g/mol. The molecule has 2 nitrogen and oxygen atoms in total. The summed E-state index contributed by atoms with van der Waals surface area (Å²) in [5.74, 6) is 0. The maximum Gasteiger partial charge on any atom is 0.0404 e. The van der Waals surface area contributed by atoms with E-state index >= 15 is 0 Å². The van der Waals surface area contributed by atoms with Crippen LogP contribution in [-0.2, 0) is 6.42 Å². The normalized spacial score (nSPS) is 12.9. The molecule has 1 aromatic rings. The van der Waals surface area contributed by atoms with Gasteiger partial charge in [-0.15, -0.1) is 0 Å². The Kier molecular flexibility index (Phi) is 3.23. The Morgan fingerprint density at radius 1 is 1.58 bits per heavy atom. The van der Waals surface area contributed by atoms with Crippen LogP contribution < -0.4 is 5.32 Å². The van der Waals surface area contributed by atoms with E-state index in [0.29, 0.717) is 6.04 Å². The highest BCUT2D eigenvalue weighted by Gasteiger charge is 2.01. The van der Waals surface area contributed by atoms with Gasteiger partial charge >= 0.3 is 0 Å². The van der Waals surface area contributed by atoms with Crippen LogP contribution in [0, 0.1) is 0 Å². The van der Waals surface area contributed by atoms with Gasteiger partial charge in [0, 0.05) is 17.9 Å². The third-order valence-electron chi connectivity index (χ3n) is 2.14. The first kappa shape index (κ1) is 9.20. The van der Waals surface area contributed by atoms with Gasteiger partial charge in [0.2, 0.25) is 0 Å². The van der Waals surface area contributed by atoms with Crippen LogP contribution in [0.5, 0.6) is 0 Å². The molecule has 1 rings (SSSR count). The lowest BCUT2D eigenvalue weighted by Crippen LogP contribution is -2.12. The molecule has 2 heteroatoms. The zero-order chi connectivity index (χ0) is 8.97. The highest BCUT2D eigenvalue weighted by Crippen LogP contribution is 2.11. The summed E-state index contributed by atoms with van der Waals surface area (Å²) in [6.45, 7) is 4.27. The first-order valence-corrected chi connectivity index (χ1v) is 4.40. The predicted molar refractivity (Wildman–Crippen MR) is 51.1 cm³/mol. The smallest absolute Gasteiger partial charge is 0.0404 e. The monoisotopic (exact) mass is 164 g/mol. The number of pyridine rings is 1. The number of nitrogens with one attached hydrogen (secondary N) is 1. The molecule has 0 aliphatic carbocycles. The number of nitrogens with zero attached hydrogens (tertiary/aromatic N) is 1. The van der Waals surface area contributed by atoms with Gasteiger partial charge in [0.05, 0.1) is 0 Å². The van der Waals surface area contributed by atoms with Crippen LogP contribution in [-0.4, -0.2) is 12.0 Å². The van der Waals surface area contributed by atoms with Crippen LogP contribution in [0.3, 0.4) is 0 Å². The van der Waals surface area contributed by atoms with E-state index < -0.39 is 0 Å². The summed E-state index contributed by atoms with van der Waals surface area (Å²) in [7, 11) is 1.97. The molecule has 0 aliphatic rings. The molecule has 0 saturated heterocycles. The maximum atomic E-state index is 4.25. The van der Waals surface area contributed by atoms with Crippen molar-refractivity contribution >= 4 is 0 Å². The molecule has 1 atom stereocenters. The van der Waals surface area contributed by atoms with Crippen molar-refractivity contribution in [1.82, 2.24) is 10.3 Å². The van der Waals surface area contributed by atoms with Gasteiger partial charge in [-0.1, -0.05) is 6.92 Å². The minimum absolute atomic E-state index is 0.415. The third kappa shape index (κ3) is 2.05. The van der Waals surface area contributed by atoms with Gasteiger partial charge in [0.15, 0.2) is 0 Å². The highest BCUT2D eigenvalue weighted by atomic mass is 14.9. The van der Waals surface area contributed by atoms with E-state index in [4.69, 9.17) is 0 Å². The largest absolute Gasteiger partial charge is 0.313 e. The van der Waals surface area contributed by atoms with Crippen molar-refractivity contribution in [3.8, 4) is 0 Å². The van der Waals surface area contributed by atoms with Gasteiger partial charge in [-0.25, -0.2) is 0 Å². The Bertz CT molecular complexity index is 245. The number of aryl methyl sites for hydroxylation is 1. The van der Waals surface area contributed by atoms with Crippen molar-refractivity contribution in [1.29, 1.82) is 0 Å². The molecule has 1 N–H and O–H groups in total. The van der Waals surface area contributed by atoms with Crippen LogP contribution in [0.25, 0.3) is 0 Å². The molecule has 0 bridgehead atoms. The van der Waals surface area contributed by atoms with E-state index in [1.807, 2.05) is 13.2 Å². The maximum absolute atomic E-state index is 4.25. The van der Waals surface area contributed by atoms with Gasteiger partial charge in [-0.05, 0) is 38.1 Å². The van der Waals surface area contributed by atoms with E-state index in [0.717, 1.165) is 12.1 Å². The first-order chi connectivity index (χ1) is 5.77. The Morgan fingerprint density at radius 2 is 2.33 bits per heavy atom. The molecule has 0 fully saturated rings. The van der Waals surface area contributed by atoms with Crippen molar-refractivity contribution in [2.75, 3.05) is 7.05 Å². The summed E-state index contributed by atoms with van der Waals surface area (Å²) in [6, 6.07) is 4.62. The van der Waals surface area contributed by atoms with Gasteiger partial charge in [0.25, 0.3) is 0 Å². The molecule has 0 spiro atoms. The standard InChI is InChI=1S/C10H16N2/c1-4-10-7-9(5-6-12-10)8(2)11-3/h5-8,11H,4H2,1-3H3. The molecule has 12 heavy (non-hydrogen) atoms. The molecule has 0 radical (unpaired) electrons. The summed E-state index contributed by atoms with van der Waals surface area (Å²) in [4.78, 5) is 4.25. The average molecular weight is 164 g/mol. The second-order valence-electron chi connectivity index (χ2n) is 2.94. The summed E-state index contributed by atoms with van der Waals surface area (Å²) in [5.41, 5.74) is 2.47. The fraction of sp³-hybridized carbons (Fsp3) is 0.500. The second-order valence-corrected chi connectivity index (χ2v) is 2.94. The van der Waals surface area contributed by atoms with E-state index in [1.165, 1.54) is 5.56 Å². The fourth-order valence-corrected chi connectivity index (χ4v) is 1.13. The third-order valence-corrected chi connectivity index (χ3v) is 2.14. The zero-order valence-electron chi connectivity index (χ0n) is 7.96.